The molecule has 0 spiro atoms. The molecule has 0 saturated carbocycles. The number of amides is 1. The molecule has 1 saturated heterocycles. The number of carbonyl (C=O) groups is 1. The number of carbonyl (C=O) groups excluding carboxylic acids is 1. The molecule has 1 amide bonds. The van der Waals surface area contributed by atoms with Crippen LogP contribution in [0.5, 0.6) is 0 Å². The van der Waals surface area contributed by atoms with Gasteiger partial charge in [0.05, 0.1) is 6.61 Å². The fourth-order valence-electron chi connectivity index (χ4n) is 1.29. The number of rotatable bonds is 1. The Morgan fingerprint density at radius 1 is 1.15 bits per heavy atom. The van der Waals surface area contributed by atoms with Gasteiger partial charge >= 0.3 is 0 Å². The first-order chi connectivity index (χ1) is 6.43. The van der Waals surface area contributed by atoms with E-state index >= 15 is 0 Å². The topological polar surface area (TPSA) is 29.5 Å². The standard InChI is InChI=1S/C5H9NO2.C5H8/c7-5-6-3-1-2-4-8-6;1-2-4-5-3-1/h5H,1-4H2;1-2H,3-5H2. The Morgan fingerprint density at radius 2 is 1.92 bits per heavy atom. The van der Waals surface area contributed by atoms with Crippen LogP contribution in [0, 0.1) is 0 Å². The summed E-state index contributed by atoms with van der Waals surface area (Å²) in [4.78, 5) is 14.9. The highest BCUT2D eigenvalue weighted by Crippen LogP contribution is 2.05. The molecule has 0 atom stereocenters. The molecular weight excluding hydrogens is 166 g/mol. The number of hydrogen-bond acceptors (Lipinski definition) is 2. The first-order valence-corrected chi connectivity index (χ1v) is 4.93. The van der Waals surface area contributed by atoms with E-state index in [9.17, 15) is 4.79 Å². The number of hydroxylamine groups is 2. The zero-order valence-electron chi connectivity index (χ0n) is 7.95. The van der Waals surface area contributed by atoms with Gasteiger partial charge in [0, 0.05) is 6.54 Å². The molecule has 0 N–H and O–H groups in total. The molecule has 0 bridgehead atoms. The van der Waals surface area contributed by atoms with Crippen molar-refractivity contribution in [1.82, 2.24) is 5.06 Å². The predicted molar refractivity (Wildman–Crippen MR) is 50.9 cm³/mol. The van der Waals surface area contributed by atoms with Crippen molar-refractivity contribution in [2.24, 2.45) is 0 Å². The molecule has 0 aromatic rings. The van der Waals surface area contributed by atoms with Gasteiger partial charge in [-0.05, 0) is 32.1 Å². The van der Waals surface area contributed by atoms with E-state index in [0.717, 1.165) is 25.8 Å². The van der Waals surface area contributed by atoms with Gasteiger partial charge in [0.2, 0.25) is 6.41 Å². The van der Waals surface area contributed by atoms with E-state index < -0.39 is 0 Å². The minimum Gasteiger partial charge on any atom is -0.276 e. The fraction of sp³-hybridized carbons (Fsp3) is 0.700. The summed E-state index contributed by atoms with van der Waals surface area (Å²) >= 11 is 0. The van der Waals surface area contributed by atoms with Gasteiger partial charge in [0.1, 0.15) is 0 Å². The number of allylic oxidation sites excluding steroid dienone is 2. The summed E-state index contributed by atoms with van der Waals surface area (Å²) < 4.78 is 0. The van der Waals surface area contributed by atoms with Crippen molar-refractivity contribution in [1.29, 1.82) is 0 Å². The SMILES string of the molecule is C1=CCCC1.O=CN1CCCCO1. The third-order valence-corrected chi connectivity index (χ3v) is 2.06. The quantitative estimate of drug-likeness (QED) is 0.459. The lowest BCUT2D eigenvalue weighted by molar-refractivity contribution is -0.182. The normalized spacial score (nSPS) is 20.8. The predicted octanol–water partition coefficient (Wildman–Crippen LogP) is 1.90. The van der Waals surface area contributed by atoms with Crippen LogP contribution in [0.1, 0.15) is 32.1 Å². The minimum atomic E-state index is 0.693. The van der Waals surface area contributed by atoms with Gasteiger partial charge in [-0.2, -0.15) is 0 Å². The van der Waals surface area contributed by atoms with E-state index in [4.69, 9.17) is 4.84 Å². The number of nitrogens with zero attached hydrogens (tertiary/aromatic N) is 1. The third kappa shape index (κ3) is 4.68. The summed E-state index contributed by atoms with van der Waals surface area (Å²) in [5.41, 5.74) is 0. The van der Waals surface area contributed by atoms with Gasteiger partial charge in [0.15, 0.2) is 0 Å². The van der Waals surface area contributed by atoms with E-state index in [1.54, 1.807) is 0 Å². The summed E-state index contributed by atoms with van der Waals surface area (Å²) in [5.74, 6) is 0. The average molecular weight is 183 g/mol. The van der Waals surface area contributed by atoms with Gasteiger partial charge in [0.25, 0.3) is 0 Å². The van der Waals surface area contributed by atoms with Crippen molar-refractivity contribution in [3.8, 4) is 0 Å². The van der Waals surface area contributed by atoms with Crippen LogP contribution >= 0.6 is 0 Å². The molecule has 2 aliphatic rings. The Bertz CT molecular complexity index is 156. The van der Waals surface area contributed by atoms with Crippen molar-refractivity contribution in [3.63, 3.8) is 0 Å². The zero-order valence-corrected chi connectivity index (χ0v) is 7.95. The minimum absolute atomic E-state index is 0.693. The molecule has 13 heavy (non-hydrogen) atoms. The molecule has 1 aliphatic carbocycles. The summed E-state index contributed by atoms with van der Waals surface area (Å²) in [6, 6.07) is 0. The van der Waals surface area contributed by atoms with Gasteiger partial charge in [-0.15, -0.1) is 0 Å². The van der Waals surface area contributed by atoms with E-state index in [0.29, 0.717) is 6.61 Å². The lowest BCUT2D eigenvalue weighted by atomic mass is 10.3. The second kappa shape index (κ2) is 6.66. The monoisotopic (exact) mass is 183 g/mol. The van der Waals surface area contributed by atoms with Gasteiger partial charge in [-0.25, -0.2) is 5.06 Å². The Hall–Kier alpha value is -0.830. The molecule has 74 valence electrons. The van der Waals surface area contributed by atoms with E-state index in [1.807, 2.05) is 0 Å². The van der Waals surface area contributed by atoms with Gasteiger partial charge < -0.3 is 0 Å². The molecule has 1 heterocycles. The maximum Gasteiger partial charge on any atom is 0.233 e. The Labute approximate surface area is 79.3 Å². The maximum absolute atomic E-state index is 9.96. The van der Waals surface area contributed by atoms with Crippen molar-refractivity contribution < 1.29 is 9.63 Å². The van der Waals surface area contributed by atoms with Crippen molar-refractivity contribution >= 4 is 6.41 Å². The largest absolute Gasteiger partial charge is 0.276 e. The molecule has 2 rings (SSSR count). The summed E-state index contributed by atoms with van der Waals surface area (Å²) in [6.07, 6.45) is 11.4. The first-order valence-electron chi connectivity index (χ1n) is 4.93. The molecule has 0 radical (unpaired) electrons. The highest BCUT2D eigenvalue weighted by atomic mass is 16.7. The average Bonchev–Trinajstić information content (AvgIpc) is 2.77. The molecule has 3 nitrogen and oxygen atoms in total. The lowest BCUT2D eigenvalue weighted by Gasteiger charge is -2.20. The molecule has 1 aliphatic heterocycles. The molecule has 0 aromatic heterocycles. The summed E-state index contributed by atoms with van der Waals surface area (Å²) in [6.45, 7) is 1.45. The highest BCUT2D eigenvalue weighted by Gasteiger charge is 2.06. The van der Waals surface area contributed by atoms with Crippen LogP contribution in [0.4, 0.5) is 0 Å². The fourth-order valence-corrected chi connectivity index (χ4v) is 1.29. The van der Waals surface area contributed by atoms with Crippen LogP contribution in [-0.4, -0.2) is 24.6 Å². The second-order valence-electron chi connectivity index (χ2n) is 3.19. The van der Waals surface area contributed by atoms with Crippen LogP contribution in [0.2, 0.25) is 0 Å². The first kappa shape index (κ1) is 10.3. The van der Waals surface area contributed by atoms with Crippen LogP contribution in [0.25, 0.3) is 0 Å². The van der Waals surface area contributed by atoms with E-state index in [2.05, 4.69) is 12.2 Å². The maximum atomic E-state index is 9.96. The van der Waals surface area contributed by atoms with Gasteiger partial charge in [-0.3, -0.25) is 9.63 Å². The van der Waals surface area contributed by atoms with Crippen LogP contribution in [0.3, 0.4) is 0 Å². The van der Waals surface area contributed by atoms with Gasteiger partial charge in [-0.1, -0.05) is 12.2 Å². The lowest BCUT2D eigenvalue weighted by Crippen LogP contribution is -2.28. The highest BCUT2D eigenvalue weighted by molar-refractivity contribution is 5.44. The van der Waals surface area contributed by atoms with Crippen LogP contribution in [-0.2, 0) is 9.63 Å². The van der Waals surface area contributed by atoms with Crippen molar-refractivity contribution in [2.75, 3.05) is 13.2 Å². The smallest absolute Gasteiger partial charge is 0.233 e. The number of hydrogen-bond donors (Lipinski definition) is 0. The second-order valence-corrected chi connectivity index (χ2v) is 3.19. The molecule has 1 fully saturated rings. The molecular formula is C10H17NO2. The summed E-state index contributed by atoms with van der Waals surface area (Å²) in [7, 11) is 0. The molecule has 0 aromatic carbocycles. The van der Waals surface area contributed by atoms with E-state index in [1.165, 1.54) is 24.3 Å². The Kier molecular flexibility index (Phi) is 5.25. The third-order valence-electron chi connectivity index (χ3n) is 2.06. The molecule has 0 unspecified atom stereocenters. The Morgan fingerprint density at radius 3 is 2.23 bits per heavy atom. The van der Waals surface area contributed by atoms with Crippen LogP contribution in [0.15, 0.2) is 12.2 Å². The molecule has 3 heteroatoms. The van der Waals surface area contributed by atoms with Crippen molar-refractivity contribution in [2.45, 2.75) is 32.1 Å². The zero-order chi connectivity index (χ0) is 9.36. The summed E-state index contributed by atoms with van der Waals surface area (Å²) in [5, 5.41) is 1.34. The Balaban J connectivity index is 0.000000145. The van der Waals surface area contributed by atoms with Crippen LogP contribution < -0.4 is 0 Å². The van der Waals surface area contributed by atoms with E-state index in [-0.39, 0.29) is 0 Å². The van der Waals surface area contributed by atoms with Crippen molar-refractivity contribution in [3.05, 3.63) is 12.2 Å².